The summed E-state index contributed by atoms with van der Waals surface area (Å²) in [6.07, 6.45) is -0.770. The maximum atomic E-state index is 13.7. The zero-order chi connectivity index (χ0) is 26.6. The van der Waals surface area contributed by atoms with E-state index in [4.69, 9.17) is 11.6 Å². The third-order valence-corrected chi connectivity index (χ3v) is 6.81. The molecule has 2 N–H and O–H groups in total. The second-order valence-electron chi connectivity index (χ2n) is 9.41. The van der Waals surface area contributed by atoms with Crippen LogP contribution in [-0.4, -0.2) is 58.5 Å². The number of likely N-dealkylation sites (N-methyl/N-ethyl adjacent to an activating group) is 1. The number of hydrogen-bond acceptors (Lipinski definition) is 4. The van der Waals surface area contributed by atoms with E-state index in [1.807, 2.05) is 0 Å². The average molecular weight is 525 g/mol. The third kappa shape index (κ3) is 4.36. The Hall–Kier alpha value is -3.34. The van der Waals surface area contributed by atoms with Gasteiger partial charge < -0.3 is 20.1 Å². The van der Waals surface area contributed by atoms with Gasteiger partial charge in [-0.25, -0.2) is 13.2 Å². The number of halogens is 4. The van der Waals surface area contributed by atoms with Gasteiger partial charge in [0.2, 0.25) is 5.91 Å². The van der Waals surface area contributed by atoms with Gasteiger partial charge in [-0.3, -0.25) is 19.2 Å². The molecule has 0 unspecified atom stereocenters. The van der Waals surface area contributed by atoms with Crippen LogP contribution in [0.25, 0.3) is 0 Å². The molecular weight excluding hydrogens is 501 g/mol. The number of benzene rings is 1. The highest BCUT2D eigenvalue weighted by atomic mass is 35.5. The number of carbonyl (C=O) groups is 4. The summed E-state index contributed by atoms with van der Waals surface area (Å²) in [5.41, 5.74) is -0.776. The number of nitrogens with zero attached hydrogens (tertiary/aromatic N) is 2. The number of fused-ring (bicyclic) bond motifs is 1. The van der Waals surface area contributed by atoms with Crippen molar-refractivity contribution in [3.8, 4) is 0 Å². The minimum Gasteiger partial charge on any atom is -0.347 e. The predicted octanol–water partition coefficient (Wildman–Crippen LogP) is 3.34. The maximum Gasteiger partial charge on any atom is 0.293 e. The van der Waals surface area contributed by atoms with Gasteiger partial charge >= 0.3 is 0 Å². The molecular formula is C24H24ClF3N4O4. The Morgan fingerprint density at radius 3 is 2.39 bits per heavy atom. The van der Waals surface area contributed by atoms with Gasteiger partial charge in [-0.15, -0.1) is 0 Å². The molecule has 36 heavy (non-hydrogen) atoms. The van der Waals surface area contributed by atoms with Gasteiger partial charge in [-0.1, -0.05) is 11.6 Å². The lowest BCUT2D eigenvalue weighted by Gasteiger charge is -2.47. The molecule has 1 fully saturated rings. The summed E-state index contributed by atoms with van der Waals surface area (Å²) in [4.78, 5) is 53.0. The van der Waals surface area contributed by atoms with E-state index in [-0.39, 0.29) is 27.5 Å². The number of alkyl halides is 2. The van der Waals surface area contributed by atoms with Crippen LogP contribution in [0.2, 0.25) is 5.02 Å². The summed E-state index contributed by atoms with van der Waals surface area (Å²) in [6, 6.07) is 3.67. The fraction of sp³-hybridized carbons (Fsp3) is 0.417. The second kappa shape index (κ2) is 8.95. The monoisotopic (exact) mass is 524 g/mol. The molecule has 0 saturated heterocycles. The summed E-state index contributed by atoms with van der Waals surface area (Å²) < 4.78 is 42.5. The van der Waals surface area contributed by atoms with E-state index in [1.165, 1.54) is 33.2 Å². The quantitative estimate of drug-likeness (QED) is 0.447. The molecule has 12 heteroatoms. The molecule has 1 aliphatic heterocycles. The molecule has 2 aliphatic rings. The van der Waals surface area contributed by atoms with E-state index < -0.39 is 53.6 Å². The SMILES string of the molecule is Cc1c(C(=O)C(=O)NC2(C(=O)N(C)C)CC(F)(F)C2)c2n(c1C(=O)Nc1ccc(F)c(Cl)c1)CCC2. The highest BCUT2D eigenvalue weighted by Gasteiger charge is 2.62. The van der Waals surface area contributed by atoms with Gasteiger partial charge in [0, 0.05) is 44.9 Å². The van der Waals surface area contributed by atoms with Crippen molar-refractivity contribution in [1.29, 1.82) is 0 Å². The van der Waals surface area contributed by atoms with Crippen molar-refractivity contribution in [2.45, 2.75) is 50.6 Å². The molecule has 0 atom stereocenters. The first-order chi connectivity index (χ1) is 16.8. The van der Waals surface area contributed by atoms with Gasteiger partial charge in [0.05, 0.1) is 10.6 Å². The Labute approximate surface area is 209 Å². The van der Waals surface area contributed by atoms with Crippen LogP contribution < -0.4 is 10.6 Å². The number of aromatic nitrogens is 1. The van der Waals surface area contributed by atoms with Crippen molar-refractivity contribution in [3.63, 3.8) is 0 Å². The minimum absolute atomic E-state index is 0.00539. The van der Waals surface area contributed by atoms with E-state index in [2.05, 4.69) is 10.6 Å². The van der Waals surface area contributed by atoms with Crippen LogP contribution in [0.15, 0.2) is 18.2 Å². The van der Waals surface area contributed by atoms with Crippen molar-refractivity contribution in [2.24, 2.45) is 0 Å². The van der Waals surface area contributed by atoms with E-state index in [0.29, 0.717) is 25.1 Å². The average Bonchev–Trinajstić information content (AvgIpc) is 3.33. The summed E-state index contributed by atoms with van der Waals surface area (Å²) >= 11 is 5.78. The number of anilines is 1. The molecule has 0 radical (unpaired) electrons. The van der Waals surface area contributed by atoms with Gasteiger partial charge in [0.15, 0.2) is 0 Å². The summed E-state index contributed by atoms with van der Waals surface area (Å²) in [7, 11) is 2.75. The van der Waals surface area contributed by atoms with E-state index in [9.17, 15) is 32.3 Å². The van der Waals surface area contributed by atoms with E-state index >= 15 is 0 Å². The second-order valence-corrected chi connectivity index (χ2v) is 9.82. The first-order valence-electron chi connectivity index (χ1n) is 11.2. The highest BCUT2D eigenvalue weighted by Crippen LogP contribution is 2.46. The number of carbonyl (C=O) groups excluding carboxylic acids is 4. The van der Waals surface area contributed by atoms with Crippen LogP contribution in [-0.2, 0) is 22.6 Å². The number of amides is 3. The topological polar surface area (TPSA) is 101 Å². The van der Waals surface area contributed by atoms with Crippen LogP contribution >= 0.6 is 11.6 Å². The number of Topliss-reactive ketones (excluding diaryl/α,β-unsaturated/α-hetero) is 1. The number of ketones is 1. The Morgan fingerprint density at radius 1 is 1.14 bits per heavy atom. The summed E-state index contributed by atoms with van der Waals surface area (Å²) in [5.74, 6) is -7.31. The Bertz CT molecular complexity index is 1300. The minimum atomic E-state index is -3.14. The zero-order valence-electron chi connectivity index (χ0n) is 19.8. The van der Waals surface area contributed by atoms with Crippen LogP contribution in [0.3, 0.4) is 0 Å². The molecule has 8 nitrogen and oxygen atoms in total. The third-order valence-electron chi connectivity index (χ3n) is 6.52. The van der Waals surface area contributed by atoms with Crippen molar-refractivity contribution in [1.82, 2.24) is 14.8 Å². The fourth-order valence-electron chi connectivity index (χ4n) is 5.02. The lowest BCUT2D eigenvalue weighted by molar-refractivity contribution is -0.171. The first kappa shape index (κ1) is 25.7. The van der Waals surface area contributed by atoms with Gasteiger partial charge in [-0.05, 0) is 43.5 Å². The van der Waals surface area contributed by atoms with E-state index in [0.717, 1.165) is 11.0 Å². The molecule has 0 spiro atoms. The standard InChI is InChI=1S/C24H24ClF3N4O4/c1-12-17(19(33)21(35)30-23(22(36)31(2)3)10-24(27,28)11-23)16-5-4-8-32(16)18(12)20(34)29-13-6-7-15(26)14(25)9-13/h6-7,9H,4-5,8,10-11H2,1-3H3,(H,29,34)(H,30,35). The molecule has 2 heterocycles. The molecule has 192 valence electrons. The largest absolute Gasteiger partial charge is 0.347 e. The van der Waals surface area contributed by atoms with Gasteiger partial charge in [0.25, 0.3) is 23.5 Å². The molecule has 1 aromatic heterocycles. The number of rotatable bonds is 6. The number of hydrogen-bond donors (Lipinski definition) is 2. The highest BCUT2D eigenvalue weighted by molar-refractivity contribution is 6.44. The van der Waals surface area contributed by atoms with Gasteiger partial charge in [-0.2, -0.15) is 0 Å². The molecule has 1 aliphatic carbocycles. The fourth-order valence-corrected chi connectivity index (χ4v) is 5.20. The lowest BCUT2D eigenvalue weighted by Crippen LogP contribution is -2.69. The molecule has 2 aromatic rings. The smallest absolute Gasteiger partial charge is 0.293 e. The maximum absolute atomic E-state index is 13.7. The molecule has 3 amide bonds. The summed E-state index contributed by atoms with van der Waals surface area (Å²) in [5, 5.41) is 4.69. The molecule has 1 aromatic carbocycles. The van der Waals surface area contributed by atoms with Crippen molar-refractivity contribution in [3.05, 3.63) is 51.6 Å². The number of nitrogens with one attached hydrogen (secondary N) is 2. The molecule has 1 saturated carbocycles. The Kier molecular flexibility index (Phi) is 6.40. The normalized spacial score (nSPS) is 17.1. The Morgan fingerprint density at radius 2 is 1.81 bits per heavy atom. The lowest BCUT2D eigenvalue weighted by atomic mass is 9.72. The predicted molar refractivity (Wildman–Crippen MR) is 125 cm³/mol. The zero-order valence-corrected chi connectivity index (χ0v) is 20.6. The molecule has 0 bridgehead atoms. The molecule has 4 rings (SSSR count). The summed E-state index contributed by atoms with van der Waals surface area (Å²) in [6.45, 7) is 1.93. The van der Waals surface area contributed by atoms with Crippen molar-refractivity contribution >= 4 is 40.8 Å². The Balaban J connectivity index is 1.62. The van der Waals surface area contributed by atoms with Gasteiger partial charge in [0.1, 0.15) is 17.1 Å². The van der Waals surface area contributed by atoms with Crippen LogP contribution in [0.5, 0.6) is 0 Å². The van der Waals surface area contributed by atoms with Crippen molar-refractivity contribution < 1.29 is 32.3 Å². The van der Waals surface area contributed by atoms with Crippen LogP contribution in [0, 0.1) is 12.7 Å². The van der Waals surface area contributed by atoms with Crippen LogP contribution in [0.4, 0.5) is 18.9 Å². The first-order valence-corrected chi connectivity index (χ1v) is 11.6. The van der Waals surface area contributed by atoms with Crippen molar-refractivity contribution in [2.75, 3.05) is 19.4 Å². The van der Waals surface area contributed by atoms with Crippen LogP contribution in [0.1, 0.15) is 51.4 Å². The van der Waals surface area contributed by atoms with E-state index in [1.54, 1.807) is 4.57 Å².